The Kier molecular flexibility index (Phi) is 16.1. The Bertz CT molecular complexity index is 2960. The molecule has 11 aliphatic rings. The lowest BCUT2D eigenvalue weighted by Crippen LogP contribution is -2.70. The highest BCUT2D eigenvalue weighted by Gasteiger charge is 2.49. The summed E-state index contributed by atoms with van der Waals surface area (Å²) in [4.78, 5) is 49.2. The van der Waals surface area contributed by atoms with E-state index in [4.69, 9.17) is 19.3 Å². The molecule has 2 N–H and O–H groups in total. The second-order valence-electron chi connectivity index (χ2n) is 22.8. The number of para-hydroxylation sites is 3. The van der Waals surface area contributed by atoms with Crippen LogP contribution in [0.5, 0.6) is 17.2 Å². The van der Waals surface area contributed by atoms with Gasteiger partial charge in [0.05, 0.1) is 39.1 Å². The van der Waals surface area contributed by atoms with E-state index in [0.29, 0.717) is 42.4 Å². The molecule has 0 spiro atoms. The molecule has 3 aliphatic carbocycles. The van der Waals surface area contributed by atoms with E-state index >= 15 is 0 Å². The Balaban J connectivity index is 0.000000117. The SMILES string of the molecule is C.COc1ccc2c(c1)C(C(=O)N1CC3CC(C1)N3c1ccccc1)CC2.COc1ccc2c(c1)C(C(=O)N1CC3CC(C1)N3c1ccccc1)CC2.COc1ccc2c(c1)C(C(=O)O)CC2.c1ccc(N2C3CNCC2C3)cc1. The molecule has 8 heterocycles. The smallest absolute Gasteiger partial charge is 0.310 e. The molecule has 13 heteroatoms. The number of nitrogens with zero attached hydrogens (tertiary/aromatic N) is 5. The molecule has 418 valence electrons. The maximum Gasteiger partial charge on any atom is 0.310 e. The number of hydrogen-bond donors (Lipinski definition) is 2. The van der Waals surface area contributed by atoms with Crippen molar-refractivity contribution in [2.75, 3.05) is 75.3 Å². The van der Waals surface area contributed by atoms with Crippen molar-refractivity contribution in [3.8, 4) is 17.2 Å². The van der Waals surface area contributed by atoms with Gasteiger partial charge in [-0.25, -0.2) is 0 Å². The first-order chi connectivity index (χ1) is 38.7. The van der Waals surface area contributed by atoms with Crippen molar-refractivity contribution in [2.24, 2.45) is 0 Å². The molecule has 0 radical (unpaired) electrons. The van der Waals surface area contributed by atoms with Crippen LogP contribution in [0.3, 0.4) is 0 Å². The Morgan fingerprint density at radius 3 is 1.07 bits per heavy atom. The van der Waals surface area contributed by atoms with Gasteiger partial charge < -0.3 is 49.1 Å². The summed E-state index contributed by atoms with van der Waals surface area (Å²) < 4.78 is 15.8. The molecule has 13 nitrogen and oxygen atoms in total. The van der Waals surface area contributed by atoms with Crippen molar-refractivity contribution >= 4 is 34.8 Å². The highest BCUT2D eigenvalue weighted by Crippen LogP contribution is 2.44. The molecule has 6 bridgehead atoms. The quantitative estimate of drug-likeness (QED) is 0.144. The molecule has 8 aliphatic heterocycles. The number of aliphatic carboxylic acids is 1. The third-order valence-electron chi connectivity index (χ3n) is 18.5. The van der Waals surface area contributed by atoms with Crippen LogP contribution in [0.2, 0.25) is 0 Å². The minimum Gasteiger partial charge on any atom is -0.497 e. The summed E-state index contributed by atoms with van der Waals surface area (Å²) >= 11 is 0. The lowest BCUT2D eigenvalue weighted by atomic mass is 9.85. The number of rotatable bonds is 9. The van der Waals surface area contributed by atoms with Crippen LogP contribution in [0.4, 0.5) is 17.1 Å². The average molecular weight is 1080 g/mol. The van der Waals surface area contributed by atoms with E-state index in [9.17, 15) is 14.4 Å². The summed E-state index contributed by atoms with van der Waals surface area (Å²) in [7, 11) is 4.96. The number of hydrogen-bond acceptors (Lipinski definition) is 10. The van der Waals surface area contributed by atoms with Gasteiger partial charge in [0.15, 0.2) is 0 Å². The number of benzene rings is 6. The van der Waals surface area contributed by atoms with Gasteiger partial charge in [-0.1, -0.05) is 80.2 Å². The summed E-state index contributed by atoms with van der Waals surface area (Å²) in [5.74, 6) is 1.96. The van der Waals surface area contributed by atoms with Crippen LogP contribution in [-0.2, 0) is 33.6 Å². The van der Waals surface area contributed by atoms with Gasteiger partial charge in [0.25, 0.3) is 0 Å². The number of carboxylic acid groups (broad SMARTS) is 1. The van der Waals surface area contributed by atoms with Crippen LogP contribution in [0, 0.1) is 0 Å². The number of aryl methyl sites for hydroxylation is 3. The number of carboxylic acids is 1. The van der Waals surface area contributed by atoms with E-state index in [1.54, 1.807) is 21.3 Å². The Hall–Kier alpha value is -7.51. The minimum atomic E-state index is -0.739. The van der Waals surface area contributed by atoms with Crippen molar-refractivity contribution in [3.63, 3.8) is 0 Å². The number of carbonyl (C=O) groups excluding carboxylic acids is 2. The summed E-state index contributed by atoms with van der Waals surface area (Å²) in [6, 6.07) is 53.3. The number of amides is 2. The monoisotopic (exact) mass is 1080 g/mol. The predicted octanol–water partition coefficient (Wildman–Crippen LogP) is 10.1. The van der Waals surface area contributed by atoms with Gasteiger partial charge in [-0.3, -0.25) is 14.4 Å². The number of ether oxygens (including phenoxy) is 3. The molecule has 6 aromatic carbocycles. The Morgan fingerprint density at radius 1 is 0.438 bits per heavy atom. The number of anilines is 3. The summed E-state index contributed by atoms with van der Waals surface area (Å²) in [5, 5.41) is 12.4. The largest absolute Gasteiger partial charge is 0.497 e. The molecule has 17 rings (SSSR count). The topological polar surface area (TPSA) is 127 Å². The lowest BCUT2D eigenvalue weighted by Gasteiger charge is -2.57. The predicted molar refractivity (Wildman–Crippen MR) is 316 cm³/mol. The lowest BCUT2D eigenvalue weighted by molar-refractivity contribution is -0.139. The molecule has 0 aromatic heterocycles. The fourth-order valence-corrected chi connectivity index (χ4v) is 14.5. The zero-order valence-electron chi connectivity index (χ0n) is 45.8. The van der Waals surface area contributed by atoms with Crippen molar-refractivity contribution in [1.82, 2.24) is 15.1 Å². The van der Waals surface area contributed by atoms with Crippen LogP contribution in [-0.4, -0.2) is 130 Å². The first-order valence-corrected chi connectivity index (χ1v) is 28.7. The third kappa shape index (κ3) is 10.7. The molecule has 9 unspecified atom stereocenters. The van der Waals surface area contributed by atoms with Crippen LogP contribution in [0.1, 0.15) is 97.1 Å². The molecule has 9 atom stereocenters. The summed E-state index contributed by atoms with van der Waals surface area (Å²) in [6.45, 7) is 5.71. The van der Waals surface area contributed by atoms with E-state index in [-0.39, 0.29) is 25.2 Å². The van der Waals surface area contributed by atoms with Crippen molar-refractivity contribution in [3.05, 3.63) is 179 Å². The van der Waals surface area contributed by atoms with Crippen LogP contribution in [0.15, 0.2) is 146 Å². The van der Waals surface area contributed by atoms with Crippen LogP contribution < -0.4 is 34.2 Å². The van der Waals surface area contributed by atoms with E-state index in [1.165, 1.54) is 58.6 Å². The second kappa shape index (κ2) is 23.7. The maximum atomic E-state index is 13.2. The van der Waals surface area contributed by atoms with Gasteiger partial charge >= 0.3 is 5.97 Å². The van der Waals surface area contributed by atoms with Crippen molar-refractivity contribution < 1.29 is 33.7 Å². The van der Waals surface area contributed by atoms with Crippen LogP contribution >= 0.6 is 0 Å². The minimum absolute atomic E-state index is 0. The number of fused-ring (bicyclic) bond motifs is 9. The molecule has 2 amide bonds. The first-order valence-electron chi connectivity index (χ1n) is 28.7. The van der Waals surface area contributed by atoms with Crippen LogP contribution in [0.25, 0.3) is 0 Å². The van der Waals surface area contributed by atoms with E-state index in [0.717, 1.165) is 112 Å². The fraction of sp³-hybridized carbons (Fsp3) is 0.418. The van der Waals surface area contributed by atoms with Gasteiger partial charge in [-0.05, 0) is 164 Å². The number of nitrogens with one attached hydrogen (secondary N) is 1. The van der Waals surface area contributed by atoms with Gasteiger partial charge in [0.2, 0.25) is 11.8 Å². The Morgan fingerprint density at radius 2 is 0.750 bits per heavy atom. The van der Waals surface area contributed by atoms with Gasteiger partial charge in [-0.2, -0.15) is 0 Å². The fourth-order valence-electron chi connectivity index (χ4n) is 14.5. The maximum absolute atomic E-state index is 13.2. The van der Waals surface area contributed by atoms with Gasteiger partial charge in [-0.15, -0.1) is 0 Å². The highest BCUT2D eigenvalue weighted by atomic mass is 16.5. The number of carbonyl (C=O) groups is 3. The van der Waals surface area contributed by atoms with Crippen molar-refractivity contribution in [1.29, 1.82) is 0 Å². The number of methoxy groups -OCH3 is 3. The molecule has 8 saturated heterocycles. The number of piperazine rings is 3. The third-order valence-corrected chi connectivity index (χ3v) is 18.5. The Labute approximate surface area is 472 Å². The van der Waals surface area contributed by atoms with E-state index in [2.05, 4.69) is 145 Å². The first kappa shape index (κ1) is 54.4. The molecule has 0 saturated carbocycles. The van der Waals surface area contributed by atoms with Gasteiger partial charge in [0, 0.05) is 92.6 Å². The summed E-state index contributed by atoms with van der Waals surface area (Å²) in [6.07, 6.45) is 9.18. The molecule has 6 aromatic rings. The van der Waals surface area contributed by atoms with Crippen molar-refractivity contribution in [2.45, 2.75) is 119 Å². The highest BCUT2D eigenvalue weighted by molar-refractivity contribution is 5.87. The number of piperidine rings is 3. The van der Waals surface area contributed by atoms with E-state index in [1.807, 2.05) is 30.3 Å². The molecular weight excluding hydrogens is 1000 g/mol. The summed E-state index contributed by atoms with van der Waals surface area (Å²) in [5.41, 5.74) is 11.0. The molecule has 80 heavy (non-hydrogen) atoms. The standard InChI is InChI=1S/2C22H24N2O2.C11H14N2.C11H12O3.CH4/c2*1-26-19-9-7-15-8-10-20(21(15)12-19)22(25)23-13-17-11-18(14-23)24(17)16-5-3-2-4-6-16;1-2-4-9(5-3-1)13-10-6-11(13)8-12-7-10;1-14-8-4-2-7-3-5-9(11(12)13)10(7)6-8;/h2*2-7,9,12,17-18,20H,8,10-11,13-14H2,1H3;1-5,10-12H,6-8H2;2,4,6,9H,3,5H2,1H3,(H,12,13);1H4. The zero-order chi connectivity index (χ0) is 54.1. The van der Waals surface area contributed by atoms with E-state index < -0.39 is 5.97 Å². The zero-order valence-corrected chi connectivity index (χ0v) is 45.8. The molecular formula is C67H78N6O7. The normalized spacial score (nSPS) is 25.5. The molecule has 8 fully saturated rings. The average Bonchev–Trinajstić information content (AvgIpc) is 4.30. The van der Waals surface area contributed by atoms with Gasteiger partial charge in [0.1, 0.15) is 17.2 Å². The second-order valence-corrected chi connectivity index (χ2v) is 22.8.